The Labute approximate surface area is 103 Å². The van der Waals surface area contributed by atoms with E-state index in [0.29, 0.717) is 24.5 Å². The average molecular weight is 256 g/mol. The highest BCUT2D eigenvalue weighted by molar-refractivity contribution is 6.33. The summed E-state index contributed by atoms with van der Waals surface area (Å²) in [6.07, 6.45) is 1.57. The summed E-state index contributed by atoms with van der Waals surface area (Å²) in [5.74, 6) is 0.0667. The number of ether oxygens (including phenoxy) is 1. The van der Waals surface area contributed by atoms with Crippen molar-refractivity contribution in [2.45, 2.75) is 6.54 Å². The molecule has 0 unspecified atom stereocenters. The lowest BCUT2D eigenvalue weighted by atomic mass is 10.2. The van der Waals surface area contributed by atoms with E-state index in [2.05, 4.69) is 10.2 Å². The molecule has 0 spiro atoms. The van der Waals surface area contributed by atoms with E-state index in [-0.39, 0.29) is 5.02 Å². The van der Waals surface area contributed by atoms with Crippen molar-refractivity contribution in [2.75, 3.05) is 13.7 Å². The number of rotatable bonds is 4. The molecule has 0 saturated carbocycles. The van der Waals surface area contributed by atoms with Gasteiger partial charge in [0.1, 0.15) is 12.1 Å². The SMILES string of the molecule is COCCn1cnnc1-c1cccc(F)c1Cl. The molecule has 2 rings (SSSR count). The standard InChI is InChI=1S/C11H11ClFN3O/c1-17-6-5-16-7-14-15-11(16)8-3-2-4-9(13)10(8)12/h2-4,7H,5-6H2,1H3. The molecule has 1 aromatic heterocycles. The largest absolute Gasteiger partial charge is 0.383 e. The Morgan fingerprint density at radius 1 is 1.47 bits per heavy atom. The van der Waals surface area contributed by atoms with Gasteiger partial charge in [-0.2, -0.15) is 0 Å². The fourth-order valence-electron chi connectivity index (χ4n) is 1.49. The van der Waals surface area contributed by atoms with E-state index < -0.39 is 5.82 Å². The van der Waals surface area contributed by atoms with Crippen molar-refractivity contribution in [3.8, 4) is 11.4 Å². The van der Waals surface area contributed by atoms with Gasteiger partial charge in [-0.1, -0.05) is 17.7 Å². The van der Waals surface area contributed by atoms with E-state index >= 15 is 0 Å². The van der Waals surface area contributed by atoms with Crippen LogP contribution in [-0.4, -0.2) is 28.5 Å². The van der Waals surface area contributed by atoms with E-state index in [9.17, 15) is 4.39 Å². The van der Waals surface area contributed by atoms with Crippen LogP contribution in [0.5, 0.6) is 0 Å². The minimum atomic E-state index is -0.467. The molecule has 0 aliphatic heterocycles. The third-order valence-corrected chi connectivity index (χ3v) is 2.73. The fourth-order valence-corrected chi connectivity index (χ4v) is 1.70. The molecule has 0 fully saturated rings. The number of nitrogens with zero attached hydrogens (tertiary/aromatic N) is 3. The van der Waals surface area contributed by atoms with Crippen molar-refractivity contribution in [2.24, 2.45) is 0 Å². The molecule has 0 atom stereocenters. The molecule has 17 heavy (non-hydrogen) atoms. The van der Waals surface area contributed by atoms with Crippen LogP contribution in [0.4, 0.5) is 4.39 Å². The molecule has 0 N–H and O–H groups in total. The second-order valence-corrected chi connectivity index (χ2v) is 3.82. The molecule has 0 aliphatic rings. The summed E-state index contributed by atoms with van der Waals surface area (Å²) in [6, 6.07) is 4.60. The van der Waals surface area contributed by atoms with Gasteiger partial charge < -0.3 is 9.30 Å². The maximum atomic E-state index is 13.3. The van der Waals surface area contributed by atoms with Crippen molar-refractivity contribution < 1.29 is 9.13 Å². The molecule has 2 aromatic rings. The normalized spacial score (nSPS) is 10.8. The van der Waals surface area contributed by atoms with Gasteiger partial charge in [0, 0.05) is 19.2 Å². The molecule has 4 nitrogen and oxygen atoms in total. The second kappa shape index (κ2) is 5.25. The zero-order chi connectivity index (χ0) is 12.3. The lowest BCUT2D eigenvalue weighted by Gasteiger charge is -2.07. The Bertz CT molecular complexity index is 515. The molecular formula is C11H11ClFN3O. The fraction of sp³-hybridized carbons (Fsp3) is 0.273. The minimum absolute atomic E-state index is 0.0548. The van der Waals surface area contributed by atoms with Crippen molar-refractivity contribution in [1.29, 1.82) is 0 Å². The van der Waals surface area contributed by atoms with Crippen LogP contribution in [0.1, 0.15) is 0 Å². The Morgan fingerprint density at radius 2 is 2.29 bits per heavy atom. The second-order valence-electron chi connectivity index (χ2n) is 3.44. The summed E-state index contributed by atoms with van der Waals surface area (Å²) >= 11 is 5.90. The van der Waals surface area contributed by atoms with Crippen molar-refractivity contribution in [3.05, 3.63) is 35.4 Å². The Balaban J connectivity index is 2.39. The van der Waals surface area contributed by atoms with Crippen molar-refractivity contribution in [3.63, 3.8) is 0 Å². The predicted molar refractivity (Wildman–Crippen MR) is 62.3 cm³/mol. The first-order valence-corrected chi connectivity index (χ1v) is 5.43. The van der Waals surface area contributed by atoms with Gasteiger partial charge in [0.2, 0.25) is 0 Å². The lowest BCUT2D eigenvalue weighted by molar-refractivity contribution is 0.187. The highest BCUT2D eigenvalue weighted by Gasteiger charge is 2.13. The monoisotopic (exact) mass is 255 g/mol. The van der Waals surface area contributed by atoms with Crippen molar-refractivity contribution >= 4 is 11.6 Å². The van der Waals surface area contributed by atoms with Crippen LogP contribution in [-0.2, 0) is 11.3 Å². The van der Waals surface area contributed by atoms with Gasteiger partial charge in [-0.3, -0.25) is 0 Å². The minimum Gasteiger partial charge on any atom is -0.383 e. The molecule has 1 aromatic carbocycles. The summed E-state index contributed by atoms with van der Waals surface area (Å²) in [6.45, 7) is 1.11. The van der Waals surface area contributed by atoms with Crippen LogP contribution in [0.2, 0.25) is 5.02 Å². The van der Waals surface area contributed by atoms with Crippen LogP contribution in [0.15, 0.2) is 24.5 Å². The van der Waals surface area contributed by atoms with Crippen LogP contribution in [0.25, 0.3) is 11.4 Å². The molecule has 0 bridgehead atoms. The number of hydrogen-bond donors (Lipinski definition) is 0. The zero-order valence-corrected chi connectivity index (χ0v) is 9.99. The molecule has 6 heteroatoms. The highest BCUT2D eigenvalue weighted by Crippen LogP contribution is 2.28. The zero-order valence-electron chi connectivity index (χ0n) is 9.23. The molecule has 0 radical (unpaired) electrons. The van der Waals surface area contributed by atoms with Crippen LogP contribution in [0, 0.1) is 5.82 Å². The topological polar surface area (TPSA) is 39.9 Å². The first-order chi connectivity index (χ1) is 8.24. The third-order valence-electron chi connectivity index (χ3n) is 2.34. The first kappa shape index (κ1) is 12.0. The molecule has 0 amide bonds. The number of aromatic nitrogens is 3. The van der Waals surface area contributed by atoms with E-state index in [0.717, 1.165) is 0 Å². The summed E-state index contributed by atoms with van der Waals surface area (Å²) in [4.78, 5) is 0. The Hall–Kier alpha value is -1.46. The molecule has 90 valence electrons. The number of methoxy groups -OCH3 is 1. The van der Waals surface area contributed by atoms with Crippen LogP contribution < -0.4 is 0 Å². The van der Waals surface area contributed by atoms with Gasteiger partial charge >= 0.3 is 0 Å². The molecule has 0 aliphatic carbocycles. The van der Waals surface area contributed by atoms with Crippen LogP contribution in [0.3, 0.4) is 0 Å². The Morgan fingerprint density at radius 3 is 3.06 bits per heavy atom. The number of hydrogen-bond acceptors (Lipinski definition) is 3. The van der Waals surface area contributed by atoms with E-state index in [4.69, 9.17) is 16.3 Å². The summed E-state index contributed by atoms with van der Waals surface area (Å²) in [5.41, 5.74) is 0.528. The summed E-state index contributed by atoms with van der Waals surface area (Å²) < 4.78 is 20.1. The van der Waals surface area contributed by atoms with E-state index in [1.807, 2.05) is 0 Å². The predicted octanol–water partition coefficient (Wildman–Crippen LogP) is 2.38. The smallest absolute Gasteiger partial charge is 0.165 e. The lowest BCUT2D eigenvalue weighted by Crippen LogP contribution is -2.05. The molecular weight excluding hydrogens is 245 g/mol. The first-order valence-electron chi connectivity index (χ1n) is 5.05. The third kappa shape index (κ3) is 2.45. The van der Waals surface area contributed by atoms with Crippen molar-refractivity contribution in [1.82, 2.24) is 14.8 Å². The van der Waals surface area contributed by atoms with E-state index in [1.165, 1.54) is 6.07 Å². The van der Waals surface area contributed by atoms with Crippen LogP contribution >= 0.6 is 11.6 Å². The van der Waals surface area contributed by atoms with Gasteiger partial charge in [-0.15, -0.1) is 10.2 Å². The maximum absolute atomic E-state index is 13.3. The van der Waals surface area contributed by atoms with Gasteiger partial charge in [0.05, 0.1) is 11.6 Å². The quantitative estimate of drug-likeness (QED) is 0.842. The number of halogens is 2. The van der Waals surface area contributed by atoms with Gasteiger partial charge in [0.15, 0.2) is 5.82 Å². The van der Waals surface area contributed by atoms with Gasteiger partial charge in [-0.05, 0) is 12.1 Å². The Kier molecular flexibility index (Phi) is 3.71. The van der Waals surface area contributed by atoms with Gasteiger partial charge in [-0.25, -0.2) is 4.39 Å². The average Bonchev–Trinajstić information content (AvgIpc) is 2.78. The summed E-state index contributed by atoms with van der Waals surface area (Å²) in [5, 5.41) is 7.80. The highest BCUT2D eigenvalue weighted by atomic mass is 35.5. The summed E-state index contributed by atoms with van der Waals surface area (Å²) in [7, 11) is 1.61. The van der Waals surface area contributed by atoms with Gasteiger partial charge in [0.25, 0.3) is 0 Å². The number of benzene rings is 1. The van der Waals surface area contributed by atoms with E-state index in [1.54, 1.807) is 30.1 Å². The maximum Gasteiger partial charge on any atom is 0.165 e. The molecule has 0 saturated heterocycles. The molecule has 1 heterocycles.